The van der Waals surface area contributed by atoms with Gasteiger partial charge < -0.3 is 9.73 Å². The van der Waals surface area contributed by atoms with Crippen molar-refractivity contribution >= 4 is 15.9 Å². The molecule has 2 aromatic rings. The van der Waals surface area contributed by atoms with Crippen LogP contribution < -0.4 is 5.32 Å². The number of pyridine rings is 1. The van der Waals surface area contributed by atoms with Crippen LogP contribution in [0.1, 0.15) is 48.7 Å². The molecule has 2 atom stereocenters. The zero-order chi connectivity index (χ0) is 13.9. The summed E-state index contributed by atoms with van der Waals surface area (Å²) in [6.07, 6.45) is 5.25. The molecule has 0 aromatic carbocycles. The first kappa shape index (κ1) is 13.8. The van der Waals surface area contributed by atoms with E-state index in [4.69, 9.17) is 4.42 Å². The second-order valence-corrected chi connectivity index (χ2v) is 6.05. The molecule has 1 aliphatic rings. The van der Waals surface area contributed by atoms with Gasteiger partial charge in [-0.2, -0.15) is 0 Å². The summed E-state index contributed by atoms with van der Waals surface area (Å²) in [5.74, 6) is 1.39. The lowest BCUT2D eigenvalue weighted by molar-refractivity contribution is 0.354. The van der Waals surface area contributed by atoms with Crippen molar-refractivity contribution in [3.8, 4) is 0 Å². The molecule has 106 valence electrons. The summed E-state index contributed by atoms with van der Waals surface area (Å²) in [5, 5.41) is 3.63. The molecule has 0 radical (unpaired) electrons. The Kier molecular flexibility index (Phi) is 4.22. The molecule has 0 amide bonds. The monoisotopic (exact) mass is 334 g/mol. The van der Waals surface area contributed by atoms with Crippen LogP contribution in [-0.4, -0.2) is 11.5 Å². The predicted molar refractivity (Wildman–Crippen MR) is 82.7 cm³/mol. The van der Waals surface area contributed by atoms with Crippen molar-refractivity contribution in [2.75, 3.05) is 6.54 Å². The van der Waals surface area contributed by atoms with Crippen LogP contribution in [0.4, 0.5) is 0 Å². The minimum Gasteiger partial charge on any atom is -0.453 e. The van der Waals surface area contributed by atoms with E-state index in [-0.39, 0.29) is 6.04 Å². The van der Waals surface area contributed by atoms with Crippen LogP contribution in [0.2, 0.25) is 0 Å². The standard InChI is InChI=1S/C16H19BrN2O/c1-2-9-18-16(13-7-8-14(17)20-13)12-6-5-11-4-3-10-19-15(11)12/h3-4,7-8,10,12,16,18H,2,5-6,9H2,1H3. The first-order valence-corrected chi connectivity index (χ1v) is 8.01. The molecule has 2 unspecified atom stereocenters. The highest BCUT2D eigenvalue weighted by molar-refractivity contribution is 9.10. The normalized spacial score (nSPS) is 19.0. The van der Waals surface area contributed by atoms with E-state index in [0.29, 0.717) is 5.92 Å². The Labute approximate surface area is 127 Å². The molecule has 2 heterocycles. The van der Waals surface area contributed by atoms with Gasteiger partial charge in [-0.3, -0.25) is 4.98 Å². The number of aromatic nitrogens is 1. The number of hydrogen-bond acceptors (Lipinski definition) is 3. The fraction of sp³-hybridized carbons (Fsp3) is 0.438. The number of aryl methyl sites for hydroxylation is 1. The molecule has 1 N–H and O–H groups in total. The summed E-state index contributed by atoms with van der Waals surface area (Å²) in [7, 11) is 0. The van der Waals surface area contributed by atoms with Crippen molar-refractivity contribution < 1.29 is 4.42 Å². The minimum atomic E-state index is 0.206. The summed E-state index contributed by atoms with van der Waals surface area (Å²) in [5.41, 5.74) is 2.61. The summed E-state index contributed by atoms with van der Waals surface area (Å²) < 4.78 is 6.58. The Morgan fingerprint density at radius 1 is 1.45 bits per heavy atom. The zero-order valence-electron chi connectivity index (χ0n) is 11.6. The van der Waals surface area contributed by atoms with Gasteiger partial charge in [0.25, 0.3) is 0 Å². The van der Waals surface area contributed by atoms with E-state index in [9.17, 15) is 0 Å². The third-order valence-corrected chi connectivity index (χ3v) is 4.35. The van der Waals surface area contributed by atoms with Crippen molar-refractivity contribution in [3.63, 3.8) is 0 Å². The molecule has 0 saturated heterocycles. The van der Waals surface area contributed by atoms with E-state index in [1.54, 1.807) is 0 Å². The molecular weight excluding hydrogens is 316 g/mol. The molecule has 0 spiro atoms. The molecule has 4 heteroatoms. The van der Waals surface area contributed by atoms with Crippen molar-refractivity contribution in [1.82, 2.24) is 10.3 Å². The number of fused-ring (bicyclic) bond motifs is 1. The van der Waals surface area contributed by atoms with Crippen LogP contribution in [-0.2, 0) is 6.42 Å². The van der Waals surface area contributed by atoms with Gasteiger partial charge in [0.1, 0.15) is 5.76 Å². The lowest BCUT2D eigenvalue weighted by Gasteiger charge is -2.23. The lowest BCUT2D eigenvalue weighted by Crippen LogP contribution is -2.27. The largest absolute Gasteiger partial charge is 0.453 e. The summed E-state index contributed by atoms with van der Waals surface area (Å²) >= 11 is 3.40. The average molecular weight is 335 g/mol. The molecule has 2 aromatic heterocycles. The number of furan rings is 1. The fourth-order valence-corrected chi connectivity index (χ4v) is 3.32. The Balaban J connectivity index is 1.90. The third-order valence-electron chi connectivity index (χ3n) is 3.92. The van der Waals surface area contributed by atoms with Gasteiger partial charge in [0.05, 0.1) is 6.04 Å². The van der Waals surface area contributed by atoms with Crippen LogP contribution in [0, 0.1) is 0 Å². The number of rotatable bonds is 5. The number of nitrogens with one attached hydrogen (secondary N) is 1. The van der Waals surface area contributed by atoms with E-state index in [2.05, 4.69) is 45.3 Å². The van der Waals surface area contributed by atoms with Crippen molar-refractivity contribution in [2.24, 2.45) is 0 Å². The second-order valence-electron chi connectivity index (χ2n) is 5.27. The second kappa shape index (κ2) is 6.10. The third kappa shape index (κ3) is 2.67. The molecule has 0 aliphatic heterocycles. The number of halogens is 1. The van der Waals surface area contributed by atoms with Crippen LogP contribution in [0.3, 0.4) is 0 Å². The van der Waals surface area contributed by atoms with Crippen LogP contribution >= 0.6 is 15.9 Å². The smallest absolute Gasteiger partial charge is 0.169 e. The fourth-order valence-electron chi connectivity index (χ4n) is 3.00. The van der Waals surface area contributed by atoms with E-state index in [1.165, 1.54) is 11.3 Å². The van der Waals surface area contributed by atoms with Gasteiger partial charge in [0.2, 0.25) is 0 Å². The van der Waals surface area contributed by atoms with Gasteiger partial charge in [-0.15, -0.1) is 0 Å². The van der Waals surface area contributed by atoms with Crippen molar-refractivity contribution in [1.29, 1.82) is 0 Å². The summed E-state index contributed by atoms with van der Waals surface area (Å²) in [6, 6.07) is 8.44. The van der Waals surface area contributed by atoms with Gasteiger partial charge in [-0.05, 0) is 65.5 Å². The summed E-state index contributed by atoms with van der Waals surface area (Å²) in [6.45, 7) is 3.17. The molecule has 0 saturated carbocycles. The van der Waals surface area contributed by atoms with Gasteiger partial charge in [0, 0.05) is 17.8 Å². The molecule has 3 nitrogen and oxygen atoms in total. The van der Waals surface area contributed by atoms with E-state index >= 15 is 0 Å². The first-order valence-electron chi connectivity index (χ1n) is 7.22. The highest BCUT2D eigenvalue weighted by atomic mass is 79.9. The molecule has 0 fully saturated rings. The highest BCUT2D eigenvalue weighted by Crippen LogP contribution is 2.41. The quantitative estimate of drug-likeness (QED) is 0.890. The molecule has 3 rings (SSSR count). The lowest BCUT2D eigenvalue weighted by atomic mass is 9.94. The Bertz CT molecular complexity index is 581. The molecule has 1 aliphatic carbocycles. The highest BCUT2D eigenvalue weighted by Gasteiger charge is 2.33. The predicted octanol–water partition coefficient (Wildman–Crippen LogP) is 4.21. The maximum Gasteiger partial charge on any atom is 0.169 e. The molecule has 0 bridgehead atoms. The Hall–Kier alpha value is -1.13. The van der Waals surface area contributed by atoms with Crippen molar-refractivity contribution in [3.05, 3.63) is 52.1 Å². The van der Waals surface area contributed by atoms with Gasteiger partial charge in [-0.1, -0.05) is 13.0 Å². The van der Waals surface area contributed by atoms with Crippen LogP contribution in [0.25, 0.3) is 0 Å². The average Bonchev–Trinajstić information content (AvgIpc) is 3.07. The molecular formula is C16H19BrN2O. The van der Waals surface area contributed by atoms with Gasteiger partial charge in [0.15, 0.2) is 4.67 Å². The van der Waals surface area contributed by atoms with E-state index < -0.39 is 0 Å². The zero-order valence-corrected chi connectivity index (χ0v) is 13.2. The number of nitrogens with zero attached hydrogens (tertiary/aromatic N) is 1. The van der Waals surface area contributed by atoms with Crippen LogP contribution in [0.15, 0.2) is 39.5 Å². The van der Waals surface area contributed by atoms with Gasteiger partial charge in [-0.25, -0.2) is 0 Å². The maximum absolute atomic E-state index is 5.80. The maximum atomic E-state index is 5.80. The van der Waals surface area contributed by atoms with Crippen molar-refractivity contribution in [2.45, 2.75) is 38.1 Å². The van der Waals surface area contributed by atoms with E-state index in [0.717, 1.165) is 36.2 Å². The Morgan fingerprint density at radius 2 is 2.35 bits per heavy atom. The first-order chi connectivity index (χ1) is 9.79. The molecule has 20 heavy (non-hydrogen) atoms. The van der Waals surface area contributed by atoms with Gasteiger partial charge >= 0.3 is 0 Å². The van der Waals surface area contributed by atoms with Crippen LogP contribution in [0.5, 0.6) is 0 Å². The number of hydrogen-bond donors (Lipinski definition) is 1. The summed E-state index contributed by atoms with van der Waals surface area (Å²) in [4.78, 5) is 4.61. The topological polar surface area (TPSA) is 38.1 Å². The minimum absolute atomic E-state index is 0.206. The van der Waals surface area contributed by atoms with E-state index in [1.807, 2.05) is 18.3 Å². The Morgan fingerprint density at radius 3 is 3.10 bits per heavy atom. The SMILES string of the molecule is CCCNC(c1ccc(Br)o1)C1CCc2cccnc21.